The Bertz CT molecular complexity index is 526. The molecule has 1 aromatic rings. The normalized spacial score (nSPS) is 13.9. The van der Waals surface area contributed by atoms with Gasteiger partial charge in [-0.05, 0) is 30.5 Å². The van der Waals surface area contributed by atoms with Gasteiger partial charge in [-0.2, -0.15) is 0 Å². The van der Waals surface area contributed by atoms with E-state index in [4.69, 9.17) is 0 Å². The molecule has 1 aliphatic heterocycles. The fraction of sp³-hybridized carbons (Fsp3) is 0.467. The lowest BCUT2D eigenvalue weighted by Gasteiger charge is -2.31. The van der Waals surface area contributed by atoms with Crippen molar-refractivity contribution in [3.63, 3.8) is 0 Å². The Morgan fingerprint density at radius 3 is 2.75 bits per heavy atom. The zero-order valence-corrected chi connectivity index (χ0v) is 12.1. The molecule has 2 amide bonds. The van der Waals surface area contributed by atoms with Crippen LogP contribution in [0.25, 0.3) is 0 Å². The van der Waals surface area contributed by atoms with Crippen molar-refractivity contribution in [2.75, 3.05) is 23.9 Å². The molecule has 0 atom stereocenters. The number of amides is 2. The smallest absolute Gasteiger partial charge is 0.411 e. The molecule has 0 fully saturated rings. The summed E-state index contributed by atoms with van der Waals surface area (Å²) >= 11 is 0. The number of carbonyl (C=O) groups is 2. The fourth-order valence-corrected chi connectivity index (χ4v) is 2.36. The van der Waals surface area contributed by atoms with Crippen LogP contribution >= 0.6 is 0 Å². The van der Waals surface area contributed by atoms with E-state index in [1.165, 1.54) is 7.11 Å². The monoisotopic (exact) mass is 276 g/mol. The molecule has 5 nitrogen and oxygen atoms in total. The maximum atomic E-state index is 12.3. The highest BCUT2D eigenvalue weighted by Crippen LogP contribution is 2.31. The van der Waals surface area contributed by atoms with Gasteiger partial charge in [-0.3, -0.25) is 10.1 Å². The highest BCUT2D eigenvalue weighted by Gasteiger charge is 2.24. The second-order valence-corrected chi connectivity index (χ2v) is 5.21. The molecule has 0 saturated carbocycles. The molecule has 0 spiro atoms. The van der Waals surface area contributed by atoms with Crippen molar-refractivity contribution in [2.45, 2.75) is 26.7 Å². The van der Waals surface area contributed by atoms with Crippen LogP contribution < -0.4 is 10.2 Å². The maximum absolute atomic E-state index is 12.3. The van der Waals surface area contributed by atoms with Crippen LogP contribution in [0.2, 0.25) is 0 Å². The summed E-state index contributed by atoms with van der Waals surface area (Å²) in [5.74, 6) is 0.0688. The third-order valence-electron chi connectivity index (χ3n) is 3.40. The van der Waals surface area contributed by atoms with Crippen molar-refractivity contribution >= 4 is 23.4 Å². The van der Waals surface area contributed by atoms with Gasteiger partial charge in [0.25, 0.3) is 0 Å². The number of nitrogens with zero attached hydrogens (tertiary/aromatic N) is 1. The summed E-state index contributed by atoms with van der Waals surface area (Å²) in [5.41, 5.74) is 2.67. The van der Waals surface area contributed by atoms with E-state index in [0.717, 1.165) is 30.6 Å². The first-order chi connectivity index (χ1) is 9.52. The summed E-state index contributed by atoms with van der Waals surface area (Å²) in [6, 6.07) is 5.63. The predicted octanol–water partition coefficient (Wildman–Crippen LogP) is 2.80. The van der Waals surface area contributed by atoms with Crippen LogP contribution in [-0.2, 0) is 16.0 Å². The quantitative estimate of drug-likeness (QED) is 0.903. The summed E-state index contributed by atoms with van der Waals surface area (Å²) < 4.78 is 4.58. The minimum absolute atomic E-state index is 0.0434. The lowest BCUT2D eigenvalue weighted by Crippen LogP contribution is -2.38. The Morgan fingerprint density at radius 2 is 2.10 bits per heavy atom. The van der Waals surface area contributed by atoms with Gasteiger partial charge in [-0.1, -0.05) is 19.9 Å². The number of benzene rings is 1. The maximum Gasteiger partial charge on any atom is 0.411 e. The third kappa shape index (κ3) is 2.92. The first-order valence-corrected chi connectivity index (χ1v) is 6.82. The first kappa shape index (κ1) is 14.4. The van der Waals surface area contributed by atoms with Crippen molar-refractivity contribution in [1.29, 1.82) is 0 Å². The summed E-state index contributed by atoms with van der Waals surface area (Å²) in [7, 11) is 1.32. The standard InChI is InChI=1S/C15H20N2O3/c1-10(2)14(18)17-8-4-5-11-6-7-12(9-13(11)17)16-15(19)20-3/h6-7,9-10H,4-5,8H2,1-3H3,(H,16,19). The number of aryl methyl sites for hydroxylation is 1. The van der Waals surface area contributed by atoms with Crippen LogP contribution in [0.3, 0.4) is 0 Å². The van der Waals surface area contributed by atoms with E-state index in [-0.39, 0.29) is 11.8 Å². The average Bonchev–Trinajstić information content (AvgIpc) is 2.45. The van der Waals surface area contributed by atoms with Gasteiger partial charge in [0.05, 0.1) is 7.11 Å². The molecule has 2 rings (SSSR count). The van der Waals surface area contributed by atoms with Crippen LogP contribution in [-0.4, -0.2) is 25.7 Å². The molecule has 0 aliphatic carbocycles. The van der Waals surface area contributed by atoms with E-state index in [9.17, 15) is 9.59 Å². The second kappa shape index (κ2) is 5.94. The van der Waals surface area contributed by atoms with Crippen LogP contribution in [0.4, 0.5) is 16.2 Å². The molecule has 0 unspecified atom stereocenters. The molecule has 1 N–H and O–H groups in total. The van der Waals surface area contributed by atoms with Crippen molar-refractivity contribution < 1.29 is 14.3 Å². The van der Waals surface area contributed by atoms with E-state index in [1.54, 1.807) is 0 Å². The second-order valence-electron chi connectivity index (χ2n) is 5.21. The first-order valence-electron chi connectivity index (χ1n) is 6.82. The molecule has 1 aliphatic rings. The number of fused-ring (bicyclic) bond motifs is 1. The number of hydrogen-bond acceptors (Lipinski definition) is 3. The van der Waals surface area contributed by atoms with E-state index in [0.29, 0.717) is 5.69 Å². The van der Waals surface area contributed by atoms with E-state index in [2.05, 4.69) is 10.1 Å². The zero-order chi connectivity index (χ0) is 14.7. The molecule has 5 heteroatoms. The lowest BCUT2D eigenvalue weighted by atomic mass is 9.99. The predicted molar refractivity (Wildman–Crippen MR) is 78.0 cm³/mol. The molecule has 0 saturated heterocycles. The number of rotatable bonds is 2. The SMILES string of the molecule is COC(=O)Nc1ccc2c(c1)N(C(=O)C(C)C)CCC2. The Labute approximate surface area is 118 Å². The Hall–Kier alpha value is -2.04. The average molecular weight is 276 g/mol. The van der Waals surface area contributed by atoms with Crippen LogP contribution in [0.15, 0.2) is 18.2 Å². The van der Waals surface area contributed by atoms with Gasteiger partial charge in [-0.15, -0.1) is 0 Å². The van der Waals surface area contributed by atoms with Gasteiger partial charge in [0.15, 0.2) is 0 Å². The molecule has 1 aromatic carbocycles. The largest absolute Gasteiger partial charge is 0.453 e. The van der Waals surface area contributed by atoms with Crippen LogP contribution in [0.5, 0.6) is 0 Å². The number of methoxy groups -OCH3 is 1. The Balaban J connectivity index is 2.31. The zero-order valence-electron chi connectivity index (χ0n) is 12.1. The van der Waals surface area contributed by atoms with E-state index >= 15 is 0 Å². The number of carbonyl (C=O) groups excluding carboxylic acids is 2. The van der Waals surface area contributed by atoms with Gasteiger partial charge in [0.2, 0.25) is 5.91 Å². The van der Waals surface area contributed by atoms with Crippen molar-refractivity contribution in [1.82, 2.24) is 0 Å². The molecular formula is C15H20N2O3. The van der Waals surface area contributed by atoms with Gasteiger partial charge < -0.3 is 9.64 Å². The number of nitrogens with one attached hydrogen (secondary N) is 1. The van der Waals surface area contributed by atoms with Crippen LogP contribution in [0.1, 0.15) is 25.8 Å². The third-order valence-corrected chi connectivity index (χ3v) is 3.40. The van der Waals surface area contributed by atoms with Crippen molar-refractivity contribution in [3.8, 4) is 0 Å². The summed E-state index contributed by atoms with van der Waals surface area (Å²) in [5, 5.41) is 2.63. The molecular weight excluding hydrogens is 256 g/mol. The van der Waals surface area contributed by atoms with E-state index < -0.39 is 6.09 Å². The minimum Gasteiger partial charge on any atom is -0.453 e. The van der Waals surface area contributed by atoms with Crippen molar-refractivity contribution in [3.05, 3.63) is 23.8 Å². The fourth-order valence-electron chi connectivity index (χ4n) is 2.36. The molecule has 0 radical (unpaired) electrons. The van der Waals surface area contributed by atoms with Gasteiger partial charge in [0, 0.05) is 23.8 Å². The summed E-state index contributed by atoms with van der Waals surface area (Å²) in [4.78, 5) is 25.3. The topological polar surface area (TPSA) is 58.6 Å². The molecule has 20 heavy (non-hydrogen) atoms. The Morgan fingerprint density at radius 1 is 1.35 bits per heavy atom. The number of hydrogen-bond donors (Lipinski definition) is 1. The van der Waals surface area contributed by atoms with Crippen LogP contribution in [0, 0.1) is 5.92 Å². The van der Waals surface area contributed by atoms with Crippen molar-refractivity contribution in [2.24, 2.45) is 5.92 Å². The molecule has 108 valence electrons. The summed E-state index contributed by atoms with van der Waals surface area (Å²) in [6.45, 7) is 4.52. The Kier molecular flexibility index (Phi) is 4.27. The molecule has 1 heterocycles. The van der Waals surface area contributed by atoms with Gasteiger partial charge in [0.1, 0.15) is 0 Å². The number of anilines is 2. The summed E-state index contributed by atoms with van der Waals surface area (Å²) in [6.07, 6.45) is 1.41. The van der Waals surface area contributed by atoms with E-state index in [1.807, 2.05) is 36.9 Å². The number of ether oxygens (including phenoxy) is 1. The van der Waals surface area contributed by atoms with Gasteiger partial charge >= 0.3 is 6.09 Å². The highest BCUT2D eigenvalue weighted by molar-refractivity contribution is 5.97. The molecule has 0 aromatic heterocycles. The van der Waals surface area contributed by atoms with Gasteiger partial charge in [-0.25, -0.2) is 4.79 Å². The lowest BCUT2D eigenvalue weighted by molar-refractivity contribution is -0.121. The minimum atomic E-state index is -0.512. The molecule has 0 bridgehead atoms. The highest BCUT2D eigenvalue weighted by atomic mass is 16.5.